The third-order valence-corrected chi connectivity index (χ3v) is 6.44. The maximum atomic E-state index is 11.8. The molecule has 2 N–H and O–H groups in total. The molecule has 0 bridgehead atoms. The van der Waals surface area contributed by atoms with Gasteiger partial charge in [0.15, 0.2) is 0 Å². The number of hydrogen-bond donors (Lipinski definition) is 2. The van der Waals surface area contributed by atoms with E-state index in [9.17, 15) is 4.79 Å². The molecule has 2 aromatic carbocycles. The molecule has 0 unspecified atom stereocenters. The van der Waals surface area contributed by atoms with Gasteiger partial charge < -0.3 is 15.0 Å². The summed E-state index contributed by atoms with van der Waals surface area (Å²) in [4.78, 5) is 15.5. The molecule has 4 nitrogen and oxygen atoms in total. The van der Waals surface area contributed by atoms with Crippen molar-refractivity contribution in [2.24, 2.45) is 0 Å². The zero-order valence-electron chi connectivity index (χ0n) is 17.4. The number of hydrogen-bond acceptors (Lipinski definition) is 3. The van der Waals surface area contributed by atoms with E-state index in [0.717, 1.165) is 35.5 Å². The van der Waals surface area contributed by atoms with Crippen molar-refractivity contribution in [2.45, 2.75) is 51.9 Å². The monoisotopic (exact) mass is 388 g/mol. The van der Waals surface area contributed by atoms with E-state index in [1.807, 2.05) is 6.92 Å². The summed E-state index contributed by atoms with van der Waals surface area (Å²) in [6.45, 7) is 8.75. The van der Waals surface area contributed by atoms with Crippen LogP contribution in [0.4, 0.5) is 0 Å². The summed E-state index contributed by atoms with van der Waals surface area (Å²) in [5, 5.41) is 4.80. The molecule has 0 spiro atoms. The van der Waals surface area contributed by atoms with Crippen LogP contribution < -0.4 is 10.1 Å². The van der Waals surface area contributed by atoms with Gasteiger partial charge in [0, 0.05) is 22.2 Å². The first-order chi connectivity index (χ1) is 14.0. The lowest BCUT2D eigenvalue weighted by Gasteiger charge is -2.23. The molecule has 5 rings (SSSR count). The van der Waals surface area contributed by atoms with Crippen LogP contribution in [0, 0.1) is 6.92 Å². The minimum Gasteiger partial charge on any atom is -0.426 e. The third kappa shape index (κ3) is 3.16. The Balaban J connectivity index is 1.65. The molecule has 2 aliphatic heterocycles. The van der Waals surface area contributed by atoms with Crippen molar-refractivity contribution in [3.8, 4) is 17.0 Å². The molecule has 4 heteroatoms. The molecule has 0 amide bonds. The zero-order valence-corrected chi connectivity index (χ0v) is 17.4. The lowest BCUT2D eigenvalue weighted by Crippen LogP contribution is -2.26. The van der Waals surface area contributed by atoms with E-state index in [0.29, 0.717) is 18.3 Å². The molecular formula is C25H28N2O2. The van der Waals surface area contributed by atoms with Gasteiger partial charge in [-0.15, -0.1) is 0 Å². The first-order valence-electron chi connectivity index (χ1n) is 10.7. The Bertz CT molecular complexity index is 1100. The van der Waals surface area contributed by atoms with Crippen LogP contribution in [0.1, 0.15) is 60.8 Å². The van der Waals surface area contributed by atoms with Crippen molar-refractivity contribution < 1.29 is 9.53 Å². The van der Waals surface area contributed by atoms with Gasteiger partial charge >= 0.3 is 5.97 Å². The highest BCUT2D eigenvalue weighted by Gasteiger charge is 2.25. The SMILES string of the molecule is Cc1cc(-c2[nH]c3ccc(C4CCNCC4)cc3c2C(C)C)cc2c1OC(=O)C2. The molecule has 2 aliphatic rings. The van der Waals surface area contributed by atoms with E-state index in [1.165, 1.54) is 40.6 Å². The molecule has 1 fully saturated rings. The second-order valence-electron chi connectivity index (χ2n) is 8.83. The Kier molecular flexibility index (Phi) is 4.47. The highest BCUT2D eigenvalue weighted by atomic mass is 16.5. The van der Waals surface area contributed by atoms with Gasteiger partial charge in [0.1, 0.15) is 5.75 Å². The van der Waals surface area contributed by atoms with Crippen molar-refractivity contribution in [1.29, 1.82) is 0 Å². The topological polar surface area (TPSA) is 54.1 Å². The number of benzene rings is 2. The van der Waals surface area contributed by atoms with E-state index in [1.54, 1.807) is 0 Å². The smallest absolute Gasteiger partial charge is 0.315 e. The fraction of sp³-hybridized carbons (Fsp3) is 0.400. The van der Waals surface area contributed by atoms with E-state index in [4.69, 9.17) is 4.74 Å². The molecule has 29 heavy (non-hydrogen) atoms. The summed E-state index contributed by atoms with van der Waals surface area (Å²) in [5.41, 5.74) is 8.33. The van der Waals surface area contributed by atoms with Crippen LogP contribution in [0.2, 0.25) is 0 Å². The largest absolute Gasteiger partial charge is 0.426 e. The van der Waals surface area contributed by atoms with Gasteiger partial charge in [-0.3, -0.25) is 4.79 Å². The number of esters is 1. The average Bonchev–Trinajstić information content (AvgIpc) is 3.28. The van der Waals surface area contributed by atoms with Gasteiger partial charge in [-0.05, 0) is 91.2 Å². The zero-order chi connectivity index (χ0) is 20.1. The van der Waals surface area contributed by atoms with Gasteiger partial charge in [0.2, 0.25) is 0 Å². The number of rotatable bonds is 3. The van der Waals surface area contributed by atoms with Gasteiger partial charge in [-0.2, -0.15) is 0 Å². The van der Waals surface area contributed by atoms with Crippen LogP contribution in [0.3, 0.4) is 0 Å². The minimum atomic E-state index is -0.160. The molecule has 0 radical (unpaired) electrons. The number of fused-ring (bicyclic) bond motifs is 2. The van der Waals surface area contributed by atoms with Crippen molar-refractivity contribution in [3.63, 3.8) is 0 Å². The van der Waals surface area contributed by atoms with Crippen LogP contribution in [0.15, 0.2) is 30.3 Å². The maximum absolute atomic E-state index is 11.8. The van der Waals surface area contributed by atoms with E-state index in [-0.39, 0.29) is 5.97 Å². The minimum absolute atomic E-state index is 0.160. The number of piperidine rings is 1. The Morgan fingerprint density at radius 3 is 2.66 bits per heavy atom. The molecule has 3 aromatic rings. The van der Waals surface area contributed by atoms with Crippen LogP contribution in [0.25, 0.3) is 22.2 Å². The number of aryl methyl sites for hydroxylation is 1. The average molecular weight is 389 g/mol. The number of aromatic nitrogens is 1. The Morgan fingerprint density at radius 2 is 1.90 bits per heavy atom. The predicted octanol–water partition coefficient (Wildman–Crippen LogP) is 5.20. The Hall–Kier alpha value is -2.59. The fourth-order valence-electron chi connectivity index (χ4n) is 5.04. The first-order valence-corrected chi connectivity index (χ1v) is 10.7. The maximum Gasteiger partial charge on any atom is 0.315 e. The normalized spacial score (nSPS) is 17.2. The number of carbonyl (C=O) groups is 1. The van der Waals surface area contributed by atoms with E-state index >= 15 is 0 Å². The van der Waals surface area contributed by atoms with Gasteiger partial charge in [-0.1, -0.05) is 19.9 Å². The number of H-pyrrole nitrogens is 1. The highest BCUT2D eigenvalue weighted by Crippen LogP contribution is 2.41. The van der Waals surface area contributed by atoms with Crippen molar-refractivity contribution in [3.05, 3.63) is 52.6 Å². The lowest BCUT2D eigenvalue weighted by molar-refractivity contribution is -0.131. The third-order valence-electron chi connectivity index (χ3n) is 6.44. The summed E-state index contributed by atoms with van der Waals surface area (Å²) in [6.07, 6.45) is 2.77. The standard InChI is InChI=1S/C25H28N2O2/c1-14(2)23-20-12-17(16-6-8-26-9-7-16)4-5-21(20)27-24(23)18-10-15(3)25-19(11-18)13-22(28)29-25/h4-5,10-12,14,16,26-27H,6-9,13H2,1-3H3. The van der Waals surface area contributed by atoms with Gasteiger partial charge in [-0.25, -0.2) is 0 Å². The van der Waals surface area contributed by atoms with Crippen molar-refractivity contribution in [1.82, 2.24) is 10.3 Å². The quantitative estimate of drug-likeness (QED) is 0.479. The second-order valence-corrected chi connectivity index (χ2v) is 8.83. The number of ether oxygens (including phenoxy) is 1. The summed E-state index contributed by atoms with van der Waals surface area (Å²) < 4.78 is 5.39. The van der Waals surface area contributed by atoms with Crippen LogP contribution in [-0.4, -0.2) is 24.0 Å². The Labute approximate surface area is 171 Å². The van der Waals surface area contributed by atoms with Gasteiger partial charge in [0.05, 0.1) is 6.42 Å². The molecule has 1 aromatic heterocycles. The van der Waals surface area contributed by atoms with Crippen molar-refractivity contribution >= 4 is 16.9 Å². The van der Waals surface area contributed by atoms with Crippen LogP contribution >= 0.6 is 0 Å². The van der Waals surface area contributed by atoms with Gasteiger partial charge in [0.25, 0.3) is 0 Å². The Morgan fingerprint density at radius 1 is 1.10 bits per heavy atom. The summed E-state index contributed by atoms with van der Waals surface area (Å²) in [7, 11) is 0. The van der Waals surface area contributed by atoms with E-state index < -0.39 is 0 Å². The molecule has 3 heterocycles. The second kappa shape index (κ2) is 7.03. The lowest BCUT2D eigenvalue weighted by atomic mass is 9.88. The number of nitrogens with one attached hydrogen (secondary N) is 2. The van der Waals surface area contributed by atoms with Crippen LogP contribution in [0.5, 0.6) is 5.75 Å². The molecule has 0 aliphatic carbocycles. The summed E-state index contributed by atoms with van der Waals surface area (Å²) >= 11 is 0. The van der Waals surface area contributed by atoms with E-state index in [2.05, 4.69) is 54.5 Å². The highest BCUT2D eigenvalue weighted by molar-refractivity contribution is 5.93. The fourth-order valence-corrected chi connectivity index (χ4v) is 5.04. The summed E-state index contributed by atoms with van der Waals surface area (Å²) in [6, 6.07) is 11.2. The number of aromatic amines is 1. The molecule has 0 atom stereocenters. The molecule has 150 valence electrons. The van der Waals surface area contributed by atoms with Crippen LogP contribution in [-0.2, 0) is 11.2 Å². The molecule has 0 saturated carbocycles. The molecule has 1 saturated heterocycles. The molecular weight excluding hydrogens is 360 g/mol. The number of carbonyl (C=O) groups excluding carboxylic acids is 1. The summed E-state index contributed by atoms with van der Waals surface area (Å²) in [5.74, 6) is 1.62. The first kappa shape index (κ1) is 18.4. The predicted molar refractivity (Wildman–Crippen MR) is 117 cm³/mol. The van der Waals surface area contributed by atoms with Crippen molar-refractivity contribution in [2.75, 3.05) is 13.1 Å².